The minimum absolute atomic E-state index is 0.316. The smallest absolute Gasteiger partial charge is 0.341 e. The number of carbonyl (C=O) groups is 2. The van der Waals surface area contributed by atoms with E-state index < -0.39 is 12.1 Å². The fraction of sp³-hybridized carbons (Fsp3) is 0.444. The molecule has 0 spiro atoms. The van der Waals surface area contributed by atoms with Crippen molar-refractivity contribution >= 4 is 23.6 Å². The summed E-state index contributed by atoms with van der Waals surface area (Å²) in [6.07, 6.45) is 0.726. The molecule has 140 valence electrons. The highest BCUT2D eigenvalue weighted by molar-refractivity contribution is 7.98. The summed E-state index contributed by atoms with van der Waals surface area (Å²) in [7, 11) is 0. The predicted molar refractivity (Wildman–Crippen MR) is 97.8 cm³/mol. The molecule has 0 aliphatic heterocycles. The van der Waals surface area contributed by atoms with Crippen molar-refractivity contribution in [2.45, 2.75) is 44.6 Å². The van der Waals surface area contributed by atoms with Crippen molar-refractivity contribution in [3.8, 4) is 0 Å². The van der Waals surface area contributed by atoms with Crippen LogP contribution in [0.1, 0.15) is 42.6 Å². The maximum absolute atomic E-state index is 12.4. The van der Waals surface area contributed by atoms with E-state index in [0.29, 0.717) is 28.8 Å². The van der Waals surface area contributed by atoms with Crippen LogP contribution in [0.4, 0.5) is 0 Å². The molecule has 0 unspecified atom stereocenters. The molecule has 2 heterocycles. The maximum atomic E-state index is 12.4. The van der Waals surface area contributed by atoms with E-state index in [1.807, 2.05) is 26.8 Å². The normalized spacial score (nSPS) is 12.0. The van der Waals surface area contributed by atoms with E-state index in [0.717, 1.165) is 11.5 Å². The minimum atomic E-state index is -0.877. The topological polar surface area (TPSA) is 94.3 Å². The zero-order chi connectivity index (χ0) is 19.1. The Morgan fingerprint density at radius 2 is 2.12 bits per heavy atom. The van der Waals surface area contributed by atoms with Crippen molar-refractivity contribution < 1.29 is 18.8 Å². The monoisotopic (exact) mass is 377 g/mol. The van der Waals surface area contributed by atoms with Gasteiger partial charge < -0.3 is 14.6 Å². The second-order valence-electron chi connectivity index (χ2n) is 6.26. The lowest BCUT2D eigenvalue weighted by Gasteiger charge is -2.15. The van der Waals surface area contributed by atoms with E-state index in [2.05, 4.69) is 15.5 Å². The molecule has 1 N–H and O–H groups in total. The molecule has 0 aromatic carbocycles. The van der Waals surface area contributed by atoms with Crippen molar-refractivity contribution in [3.63, 3.8) is 0 Å². The van der Waals surface area contributed by atoms with Crippen LogP contribution in [0.5, 0.6) is 0 Å². The standard InChI is InChI=1S/C18H23N3O4S/c1-11(2)9-20-16(22)13(4)24-18(23)15-6-5-7-19-17(15)26-10-14-8-12(3)25-21-14/h5-8,11,13H,9-10H2,1-4H3,(H,20,22)/t13-/m1/s1. The molecule has 0 saturated heterocycles. The van der Waals surface area contributed by atoms with E-state index in [4.69, 9.17) is 9.26 Å². The first kappa shape index (κ1) is 20.0. The zero-order valence-corrected chi connectivity index (χ0v) is 16.1. The molecule has 0 radical (unpaired) electrons. The molecule has 26 heavy (non-hydrogen) atoms. The van der Waals surface area contributed by atoms with Gasteiger partial charge in [-0.25, -0.2) is 9.78 Å². The Morgan fingerprint density at radius 3 is 2.77 bits per heavy atom. The molecule has 8 heteroatoms. The average Bonchev–Trinajstić information content (AvgIpc) is 3.03. The third-order valence-corrected chi connectivity index (χ3v) is 4.40. The second kappa shape index (κ2) is 9.38. The molecule has 2 rings (SSSR count). The van der Waals surface area contributed by atoms with Gasteiger partial charge in [-0.05, 0) is 31.9 Å². The second-order valence-corrected chi connectivity index (χ2v) is 7.22. The van der Waals surface area contributed by atoms with Crippen LogP contribution >= 0.6 is 11.8 Å². The fourth-order valence-electron chi connectivity index (χ4n) is 2.02. The van der Waals surface area contributed by atoms with Gasteiger partial charge in [0.05, 0.1) is 11.3 Å². The maximum Gasteiger partial charge on any atom is 0.341 e. The molecule has 0 aliphatic rings. The van der Waals surface area contributed by atoms with Gasteiger partial charge in [0.1, 0.15) is 10.8 Å². The Morgan fingerprint density at radius 1 is 1.35 bits per heavy atom. The lowest BCUT2D eigenvalue weighted by atomic mass is 10.2. The van der Waals surface area contributed by atoms with Gasteiger partial charge >= 0.3 is 5.97 Å². The third-order valence-electron chi connectivity index (χ3n) is 3.36. The van der Waals surface area contributed by atoms with Gasteiger partial charge in [-0.2, -0.15) is 0 Å². The molecule has 1 amide bonds. The molecule has 1 atom stereocenters. The lowest BCUT2D eigenvalue weighted by molar-refractivity contribution is -0.129. The Bertz CT molecular complexity index is 760. The van der Waals surface area contributed by atoms with E-state index in [-0.39, 0.29) is 5.91 Å². The Kier molecular flexibility index (Phi) is 7.20. The number of ether oxygens (including phenoxy) is 1. The number of hydrogen-bond acceptors (Lipinski definition) is 7. The van der Waals surface area contributed by atoms with Crippen LogP contribution in [0.3, 0.4) is 0 Å². The van der Waals surface area contributed by atoms with Crippen LogP contribution in [0.15, 0.2) is 33.9 Å². The van der Waals surface area contributed by atoms with E-state index >= 15 is 0 Å². The number of nitrogens with one attached hydrogen (secondary N) is 1. The quantitative estimate of drug-likeness (QED) is 0.558. The lowest BCUT2D eigenvalue weighted by Crippen LogP contribution is -2.37. The summed E-state index contributed by atoms with van der Waals surface area (Å²) in [6.45, 7) is 7.89. The van der Waals surface area contributed by atoms with Crippen LogP contribution in [0.25, 0.3) is 0 Å². The summed E-state index contributed by atoms with van der Waals surface area (Å²) in [6, 6.07) is 5.12. The number of esters is 1. The number of aromatic nitrogens is 2. The van der Waals surface area contributed by atoms with Gasteiger partial charge in [-0.3, -0.25) is 4.79 Å². The zero-order valence-electron chi connectivity index (χ0n) is 15.3. The van der Waals surface area contributed by atoms with Gasteiger partial charge in [0, 0.05) is 24.6 Å². The number of aryl methyl sites for hydroxylation is 1. The Balaban J connectivity index is 1.98. The van der Waals surface area contributed by atoms with Crippen molar-refractivity contribution in [1.82, 2.24) is 15.5 Å². The fourth-order valence-corrected chi connectivity index (χ4v) is 2.88. The highest BCUT2D eigenvalue weighted by atomic mass is 32.2. The van der Waals surface area contributed by atoms with Gasteiger partial charge in [0.15, 0.2) is 6.10 Å². The largest absolute Gasteiger partial charge is 0.449 e. The number of nitrogens with zero attached hydrogens (tertiary/aromatic N) is 2. The number of amides is 1. The number of pyridine rings is 1. The van der Waals surface area contributed by atoms with Gasteiger partial charge in [0.25, 0.3) is 5.91 Å². The highest BCUT2D eigenvalue weighted by Crippen LogP contribution is 2.24. The van der Waals surface area contributed by atoms with Crippen LogP contribution in [-0.2, 0) is 15.3 Å². The number of rotatable bonds is 8. The molecule has 2 aromatic heterocycles. The Hall–Kier alpha value is -2.35. The molecular weight excluding hydrogens is 354 g/mol. The summed E-state index contributed by atoms with van der Waals surface area (Å²) >= 11 is 1.36. The molecule has 0 saturated carbocycles. The van der Waals surface area contributed by atoms with Crippen LogP contribution in [-0.4, -0.2) is 34.7 Å². The van der Waals surface area contributed by atoms with Crippen molar-refractivity contribution in [2.75, 3.05) is 6.54 Å². The van der Waals surface area contributed by atoms with Crippen LogP contribution in [0.2, 0.25) is 0 Å². The molecule has 2 aromatic rings. The average molecular weight is 377 g/mol. The van der Waals surface area contributed by atoms with E-state index in [1.54, 1.807) is 25.3 Å². The molecule has 0 bridgehead atoms. The summed E-state index contributed by atoms with van der Waals surface area (Å²) in [5.41, 5.74) is 1.08. The molecule has 0 aliphatic carbocycles. The summed E-state index contributed by atoms with van der Waals surface area (Å²) in [5, 5.41) is 7.19. The number of thioether (sulfide) groups is 1. The molecular formula is C18H23N3O4S. The van der Waals surface area contributed by atoms with Gasteiger partial charge in [-0.15, -0.1) is 0 Å². The first-order valence-electron chi connectivity index (χ1n) is 8.35. The van der Waals surface area contributed by atoms with Crippen LogP contribution < -0.4 is 5.32 Å². The predicted octanol–water partition coefficient (Wildman–Crippen LogP) is 2.99. The first-order valence-corrected chi connectivity index (χ1v) is 9.34. The number of carbonyl (C=O) groups excluding carboxylic acids is 2. The molecule has 7 nitrogen and oxygen atoms in total. The van der Waals surface area contributed by atoms with E-state index in [1.165, 1.54) is 11.8 Å². The SMILES string of the molecule is Cc1cc(CSc2ncccc2C(=O)O[C@H](C)C(=O)NCC(C)C)no1. The summed E-state index contributed by atoms with van der Waals surface area (Å²) in [4.78, 5) is 28.7. The third kappa shape index (κ3) is 5.87. The number of hydrogen-bond donors (Lipinski definition) is 1. The van der Waals surface area contributed by atoms with Crippen molar-refractivity contribution in [2.24, 2.45) is 5.92 Å². The molecule has 0 fully saturated rings. The van der Waals surface area contributed by atoms with Gasteiger partial charge in [-0.1, -0.05) is 30.8 Å². The van der Waals surface area contributed by atoms with Crippen molar-refractivity contribution in [3.05, 3.63) is 41.4 Å². The minimum Gasteiger partial charge on any atom is -0.449 e. The highest BCUT2D eigenvalue weighted by Gasteiger charge is 2.21. The Labute approximate surface area is 156 Å². The van der Waals surface area contributed by atoms with Crippen LogP contribution in [0, 0.1) is 12.8 Å². The summed E-state index contributed by atoms with van der Waals surface area (Å²) in [5.74, 6) is 0.664. The summed E-state index contributed by atoms with van der Waals surface area (Å²) < 4.78 is 10.3. The van der Waals surface area contributed by atoms with Gasteiger partial charge in [0.2, 0.25) is 0 Å². The van der Waals surface area contributed by atoms with Crippen molar-refractivity contribution in [1.29, 1.82) is 0 Å². The van der Waals surface area contributed by atoms with E-state index in [9.17, 15) is 9.59 Å². The first-order chi connectivity index (χ1) is 12.4.